The summed E-state index contributed by atoms with van der Waals surface area (Å²) in [6.45, 7) is 4.70. The van der Waals surface area contributed by atoms with Crippen LogP contribution in [0.2, 0.25) is 0 Å². The van der Waals surface area contributed by atoms with Gasteiger partial charge in [0.1, 0.15) is 6.10 Å². The summed E-state index contributed by atoms with van der Waals surface area (Å²) >= 11 is 0. The Balaban J connectivity index is 1.67. The van der Waals surface area contributed by atoms with Gasteiger partial charge in [-0.2, -0.15) is 0 Å². The first-order chi connectivity index (χ1) is 16.9. The Kier molecular flexibility index (Phi) is 7.53. The minimum Gasteiger partial charge on any atom is -0.486 e. The standard InChI is InChI=1S/C27H32N4O4/c1-17-15-31(18(2)16-32)26(33)21-11-7-13-23(25(21)35-24(17)14-28-3)30-27(34)29-22-12-6-9-19-8-4-5-10-20(19)22/h4-13,17-18,24,28,32H,14-16H2,1-3H3,(H2,29,30,34)/t17-,18+,24-/m1/s1. The molecule has 0 radical (unpaired) electrons. The molecule has 3 amide bonds. The van der Waals surface area contributed by atoms with Crippen molar-refractivity contribution in [2.24, 2.45) is 5.92 Å². The van der Waals surface area contributed by atoms with Crippen molar-refractivity contribution >= 4 is 34.1 Å². The van der Waals surface area contributed by atoms with E-state index in [1.54, 1.807) is 23.1 Å². The number of ether oxygens (including phenoxy) is 1. The highest BCUT2D eigenvalue weighted by Crippen LogP contribution is 2.35. The predicted octanol–water partition coefficient (Wildman–Crippen LogP) is 3.92. The maximum atomic E-state index is 13.5. The zero-order chi connectivity index (χ0) is 24.9. The van der Waals surface area contributed by atoms with Gasteiger partial charge in [0, 0.05) is 24.4 Å². The lowest BCUT2D eigenvalue weighted by atomic mass is 9.99. The molecule has 1 heterocycles. The number of fused-ring (bicyclic) bond motifs is 2. The van der Waals surface area contributed by atoms with Crippen LogP contribution < -0.4 is 20.7 Å². The number of likely N-dealkylation sites (N-methyl/N-ethyl adjacent to an activating group) is 1. The molecule has 0 unspecified atom stereocenters. The van der Waals surface area contributed by atoms with E-state index in [2.05, 4.69) is 16.0 Å². The van der Waals surface area contributed by atoms with Crippen molar-refractivity contribution < 1.29 is 19.4 Å². The van der Waals surface area contributed by atoms with Gasteiger partial charge >= 0.3 is 6.03 Å². The summed E-state index contributed by atoms with van der Waals surface area (Å²) in [6.07, 6.45) is -0.246. The van der Waals surface area contributed by atoms with E-state index < -0.39 is 6.03 Å². The second-order valence-electron chi connectivity index (χ2n) is 8.97. The minimum atomic E-state index is -0.438. The highest BCUT2D eigenvalue weighted by Gasteiger charge is 2.33. The topological polar surface area (TPSA) is 103 Å². The number of carbonyl (C=O) groups excluding carboxylic acids is 2. The fourth-order valence-electron chi connectivity index (χ4n) is 4.40. The zero-order valence-corrected chi connectivity index (χ0v) is 20.2. The van der Waals surface area contributed by atoms with Crippen LogP contribution in [0, 0.1) is 5.92 Å². The van der Waals surface area contributed by atoms with E-state index in [-0.39, 0.29) is 30.6 Å². The summed E-state index contributed by atoms with van der Waals surface area (Å²) in [4.78, 5) is 28.2. The first kappa shape index (κ1) is 24.5. The number of carbonyl (C=O) groups is 2. The van der Waals surface area contributed by atoms with E-state index in [1.165, 1.54) is 0 Å². The van der Waals surface area contributed by atoms with E-state index in [0.29, 0.717) is 35.8 Å². The summed E-state index contributed by atoms with van der Waals surface area (Å²) in [5.74, 6) is 0.0769. The molecule has 0 saturated carbocycles. The Morgan fingerprint density at radius 1 is 1.09 bits per heavy atom. The van der Waals surface area contributed by atoms with Gasteiger partial charge in [-0.3, -0.25) is 4.79 Å². The van der Waals surface area contributed by atoms with Crippen LogP contribution in [0.4, 0.5) is 16.2 Å². The number of anilines is 2. The molecule has 1 aliphatic rings. The van der Waals surface area contributed by atoms with Crippen LogP contribution >= 0.6 is 0 Å². The molecule has 8 heteroatoms. The fourth-order valence-corrected chi connectivity index (χ4v) is 4.40. The summed E-state index contributed by atoms with van der Waals surface area (Å²) in [6, 6.07) is 17.9. The number of aliphatic hydroxyl groups excluding tert-OH is 1. The minimum absolute atomic E-state index is 0.00823. The monoisotopic (exact) mass is 476 g/mol. The molecular weight excluding hydrogens is 444 g/mol. The molecule has 8 nitrogen and oxygen atoms in total. The number of amides is 3. The van der Waals surface area contributed by atoms with Gasteiger partial charge in [-0.1, -0.05) is 49.4 Å². The summed E-state index contributed by atoms with van der Waals surface area (Å²) in [5, 5.41) is 20.6. The van der Waals surface area contributed by atoms with Crippen molar-refractivity contribution in [3.05, 3.63) is 66.2 Å². The van der Waals surface area contributed by atoms with Gasteiger partial charge in [0.2, 0.25) is 0 Å². The zero-order valence-electron chi connectivity index (χ0n) is 20.2. The Hall–Kier alpha value is -3.62. The molecule has 0 saturated heterocycles. The Bertz CT molecular complexity index is 1210. The normalized spacial score (nSPS) is 18.7. The van der Waals surface area contributed by atoms with Crippen molar-refractivity contribution in [2.45, 2.75) is 26.0 Å². The van der Waals surface area contributed by atoms with E-state index in [1.807, 2.05) is 63.4 Å². The van der Waals surface area contributed by atoms with Crippen molar-refractivity contribution in [1.29, 1.82) is 0 Å². The van der Waals surface area contributed by atoms with Gasteiger partial charge < -0.3 is 30.7 Å². The van der Waals surface area contributed by atoms with Crippen molar-refractivity contribution in [3.8, 4) is 5.75 Å². The van der Waals surface area contributed by atoms with E-state index >= 15 is 0 Å². The van der Waals surface area contributed by atoms with E-state index in [0.717, 1.165) is 10.8 Å². The number of nitrogens with one attached hydrogen (secondary N) is 3. The van der Waals surface area contributed by atoms with Crippen molar-refractivity contribution in [2.75, 3.05) is 37.4 Å². The molecule has 4 N–H and O–H groups in total. The molecule has 0 bridgehead atoms. The Labute approximate surface area is 205 Å². The van der Waals surface area contributed by atoms with Crippen LogP contribution in [0.5, 0.6) is 5.75 Å². The van der Waals surface area contributed by atoms with E-state index in [9.17, 15) is 14.7 Å². The van der Waals surface area contributed by atoms with Crippen LogP contribution in [-0.4, -0.2) is 60.8 Å². The third-order valence-corrected chi connectivity index (χ3v) is 6.38. The molecule has 3 atom stereocenters. The van der Waals surface area contributed by atoms with Gasteiger partial charge in [-0.05, 0) is 37.6 Å². The van der Waals surface area contributed by atoms with Crippen LogP contribution in [0.15, 0.2) is 60.7 Å². The average molecular weight is 477 g/mol. The number of aliphatic hydroxyl groups is 1. The number of nitrogens with zero attached hydrogens (tertiary/aromatic N) is 1. The second-order valence-corrected chi connectivity index (χ2v) is 8.97. The van der Waals surface area contributed by atoms with Crippen LogP contribution in [0.25, 0.3) is 10.8 Å². The Morgan fingerprint density at radius 3 is 2.54 bits per heavy atom. The molecule has 4 rings (SSSR count). The maximum absolute atomic E-state index is 13.5. The lowest BCUT2D eigenvalue weighted by molar-refractivity contribution is 0.0417. The van der Waals surface area contributed by atoms with Gasteiger partial charge in [0.15, 0.2) is 5.75 Å². The largest absolute Gasteiger partial charge is 0.486 e. The maximum Gasteiger partial charge on any atom is 0.323 e. The molecule has 0 aliphatic carbocycles. The quantitative estimate of drug-likeness (QED) is 0.432. The molecule has 184 valence electrons. The third kappa shape index (κ3) is 5.23. The molecule has 3 aromatic carbocycles. The number of urea groups is 1. The molecule has 1 aliphatic heterocycles. The van der Waals surface area contributed by atoms with Crippen LogP contribution in [0.3, 0.4) is 0 Å². The van der Waals surface area contributed by atoms with Crippen LogP contribution in [-0.2, 0) is 0 Å². The average Bonchev–Trinajstić information content (AvgIpc) is 2.86. The van der Waals surface area contributed by atoms with Gasteiger partial charge in [-0.25, -0.2) is 4.79 Å². The number of hydrogen-bond acceptors (Lipinski definition) is 5. The van der Waals surface area contributed by atoms with Crippen molar-refractivity contribution in [1.82, 2.24) is 10.2 Å². The third-order valence-electron chi connectivity index (χ3n) is 6.38. The lowest BCUT2D eigenvalue weighted by Crippen LogP contribution is -2.49. The predicted molar refractivity (Wildman–Crippen MR) is 138 cm³/mol. The summed E-state index contributed by atoms with van der Waals surface area (Å²) in [7, 11) is 1.84. The number of rotatable bonds is 6. The number of para-hydroxylation sites is 1. The molecule has 0 aromatic heterocycles. The van der Waals surface area contributed by atoms with Crippen LogP contribution in [0.1, 0.15) is 24.2 Å². The first-order valence-electron chi connectivity index (χ1n) is 11.8. The summed E-state index contributed by atoms with van der Waals surface area (Å²) in [5.41, 5.74) is 1.43. The van der Waals surface area contributed by atoms with Gasteiger partial charge in [0.05, 0.1) is 29.6 Å². The smallest absolute Gasteiger partial charge is 0.323 e. The fraction of sp³-hybridized carbons (Fsp3) is 0.333. The molecular formula is C27H32N4O4. The van der Waals surface area contributed by atoms with Gasteiger partial charge in [-0.15, -0.1) is 0 Å². The highest BCUT2D eigenvalue weighted by molar-refractivity contribution is 6.08. The molecule has 35 heavy (non-hydrogen) atoms. The molecule has 0 fully saturated rings. The SMILES string of the molecule is CNC[C@H]1Oc2c(NC(=O)Nc3cccc4ccccc34)cccc2C(=O)N([C@@H](C)CO)C[C@H]1C. The Morgan fingerprint density at radius 2 is 1.77 bits per heavy atom. The number of benzene rings is 3. The summed E-state index contributed by atoms with van der Waals surface area (Å²) < 4.78 is 6.36. The van der Waals surface area contributed by atoms with Gasteiger partial charge in [0.25, 0.3) is 5.91 Å². The first-order valence-corrected chi connectivity index (χ1v) is 11.8. The lowest BCUT2D eigenvalue weighted by Gasteiger charge is -2.37. The second kappa shape index (κ2) is 10.8. The van der Waals surface area contributed by atoms with E-state index in [4.69, 9.17) is 4.74 Å². The highest BCUT2D eigenvalue weighted by atomic mass is 16.5. The number of hydrogen-bond donors (Lipinski definition) is 4. The van der Waals surface area contributed by atoms with Crippen molar-refractivity contribution in [3.63, 3.8) is 0 Å². The molecule has 0 spiro atoms. The molecule has 3 aromatic rings.